The summed E-state index contributed by atoms with van der Waals surface area (Å²) in [6, 6.07) is 9.72. The van der Waals surface area contributed by atoms with Crippen LogP contribution in [0.4, 0.5) is 5.69 Å². The van der Waals surface area contributed by atoms with Crippen molar-refractivity contribution in [1.82, 2.24) is 4.57 Å². The lowest BCUT2D eigenvalue weighted by Gasteiger charge is -2.21. The van der Waals surface area contributed by atoms with Crippen LogP contribution in [0.25, 0.3) is 0 Å². The molecular weight excluding hydrogens is 333 g/mol. The summed E-state index contributed by atoms with van der Waals surface area (Å²) in [5, 5.41) is 3.84. The number of benzene rings is 1. The number of aryl methyl sites for hydroxylation is 1. The zero-order valence-electron chi connectivity index (χ0n) is 13.0. The third-order valence-electron chi connectivity index (χ3n) is 4.42. The molecule has 1 aromatic carbocycles. The molecule has 1 saturated heterocycles. The Labute approximate surface area is 146 Å². The first-order chi connectivity index (χ1) is 11.0. The van der Waals surface area contributed by atoms with E-state index in [0.717, 1.165) is 19.4 Å². The van der Waals surface area contributed by atoms with Gasteiger partial charge in [-0.2, -0.15) is 0 Å². The van der Waals surface area contributed by atoms with Crippen LogP contribution in [0.5, 0.6) is 0 Å². The lowest BCUT2D eigenvalue weighted by molar-refractivity contribution is -0.910. The van der Waals surface area contributed by atoms with Crippen LogP contribution in [-0.2, 0) is 11.8 Å². The van der Waals surface area contributed by atoms with E-state index in [1.165, 1.54) is 10.6 Å². The molecule has 2 N–H and O–H groups in total. The summed E-state index contributed by atoms with van der Waals surface area (Å²) in [5.74, 6) is -0.000465. The van der Waals surface area contributed by atoms with Crippen molar-refractivity contribution in [2.75, 3.05) is 18.4 Å². The number of nitrogens with zero attached hydrogens (tertiary/aromatic N) is 1. The van der Waals surface area contributed by atoms with Crippen LogP contribution in [0.3, 0.4) is 0 Å². The standard InChI is InChI=1S/C17H19Cl2N3O/c1-21-8-2-4-15(21)16-5-3-9-22(16)11-17(23)20-12-6-7-13(18)14(19)10-12/h2,4,6-8,10,16H,3,5,9,11H2,1H3,(H,20,23)/p+1/t16-/m0/s1. The van der Waals surface area contributed by atoms with Gasteiger partial charge in [0, 0.05) is 31.8 Å². The monoisotopic (exact) mass is 352 g/mol. The van der Waals surface area contributed by atoms with Crippen molar-refractivity contribution in [1.29, 1.82) is 0 Å². The molecule has 2 heterocycles. The predicted octanol–water partition coefficient (Wildman–Crippen LogP) is 2.69. The number of hydrogen-bond acceptors (Lipinski definition) is 1. The third kappa shape index (κ3) is 3.71. The van der Waals surface area contributed by atoms with Crippen molar-refractivity contribution in [2.45, 2.75) is 18.9 Å². The first-order valence-electron chi connectivity index (χ1n) is 7.75. The fraction of sp³-hybridized carbons (Fsp3) is 0.353. The van der Waals surface area contributed by atoms with E-state index < -0.39 is 0 Å². The van der Waals surface area contributed by atoms with Gasteiger partial charge in [-0.1, -0.05) is 23.2 Å². The van der Waals surface area contributed by atoms with Gasteiger partial charge in [0.25, 0.3) is 5.91 Å². The van der Waals surface area contributed by atoms with E-state index in [1.54, 1.807) is 18.2 Å². The van der Waals surface area contributed by atoms with E-state index in [0.29, 0.717) is 28.3 Å². The maximum absolute atomic E-state index is 12.3. The Morgan fingerprint density at radius 2 is 2.17 bits per heavy atom. The summed E-state index contributed by atoms with van der Waals surface area (Å²) < 4.78 is 2.15. The minimum absolute atomic E-state index is 0.000465. The number of aromatic nitrogens is 1. The molecule has 23 heavy (non-hydrogen) atoms. The van der Waals surface area contributed by atoms with Crippen molar-refractivity contribution in [3.63, 3.8) is 0 Å². The largest absolute Gasteiger partial charge is 0.350 e. The van der Waals surface area contributed by atoms with Gasteiger partial charge in [0.15, 0.2) is 6.54 Å². The molecule has 1 amide bonds. The summed E-state index contributed by atoms with van der Waals surface area (Å²) in [5.41, 5.74) is 1.97. The van der Waals surface area contributed by atoms with Gasteiger partial charge in [0.05, 0.1) is 22.3 Å². The van der Waals surface area contributed by atoms with Crippen LogP contribution in [-0.4, -0.2) is 23.6 Å². The van der Waals surface area contributed by atoms with Crippen LogP contribution >= 0.6 is 23.2 Å². The molecule has 0 aliphatic carbocycles. The molecule has 2 atom stereocenters. The summed E-state index contributed by atoms with van der Waals surface area (Å²) >= 11 is 11.9. The molecule has 1 aliphatic rings. The van der Waals surface area contributed by atoms with Gasteiger partial charge >= 0.3 is 0 Å². The van der Waals surface area contributed by atoms with E-state index in [9.17, 15) is 4.79 Å². The maximum Gasteiger partial charge on any atom is 0.279 e. The highest BCUT2D eigenvalue weighted by atomic mass is 35.5. The van der Waals surface area contributed by atoms with Crippen molar-refractivity contribution in [3.05, 3.63) is 52.3 Å². The Kier molecular flexibility index (Phi) is 4.95. The summed E-state index contributed by atoms with van der Waals surface area (Å²) in [4.78, 5) is 13.7. The molecule has 1 unspecified atom stereocenters. The van der Waals surface area contributed by atoms with Gasteiger partial charge in [-0.3, -0.25) is 4.79 Å². The first-order valence-corrected chi connectivity index (χ1v) is 8.51. The number of nitrogens with one attached hydrogen (secondary N) is 2. The van der Waals surface area contributed by atoms with Gasteiger partial charge < -0.3 is 14.8 Å². The quantitative estimate of drug-likeness (QED) is 0.872. The molecule has 122 valence electrons. The molecule has 0 saturated carbocycles. The SMILES string of the molecule is Cn1cccc1[C@@H]1CCC[NH+]1CC(=O)Nc1ccc(Cl)c(Cl)c1. The molecule has 1 aromatic heterocycles. The molecule has 0 radical (unpaired) electrons. The Bertz CT molecular complexity index is 714. The molecule has 3 rings (SSSR count). The number of carbonyl (C=O) groups excluding carboxylic acids is 1. The molecule has 2 aromatic rings. The second kappa shape index (κ2) is 6.95. The Morgan fingerprint density at radius 1 is 1.35 bits per heavy atom. The number of anilines is 1. The number of likely N-dealkylation sites (tertiary alicyclic amines) is 1. The summed E-state index contributed by atoms with van der Waals surface area (Å²) in [7, 11) is 2.06. The fourth-order valence-corrected chi connectivity index (χ4v) is 3.60. The first kappa shape index (κ1) is 16.4. The van der Waals surface area contributed by atoms with E-state index >= 15 is 0 Å². The highest BCUT2D eigenvalue weighted by Gasteiger charge is 2.32. The van der Waals surface area contributed by atoms with Crippen LogP contribution in [0.2, 0.25) is 10.0 Å². The van der Waals surface area contributed by atoms with Gasteiger partial charge in [0.2, 0.25) is 0 Å². The van der Waals surface area contributed by atoms with Gasteiger partial charge in [-0.05, 0) is 30.3 Å². The van der Waals surface area contributed by atoms with Crippen molar-refractivity contribution in [3.8, 4) is 0 Å². The van der Waals surface area contributed by atoms with E-state index in [1.807, 2.05) is 0 Å². The van der Waals surface area contributed by atoms with E-state index in [-0.39, 0.29) is 5.91 Å². The number of halogens is 2. The van der Waals surface area contributed by atoms with Crippen LogP contribution in [0.1, 0.15) is 24.6 Å². The molecule has 4 nitrogen and oxygen atoms in total. The minimum atomic E-state index is -0.000465. The Balaban J connectivity index is 1.65. The Morgan fingerprint density at radius 3 is 2.87 bits per heavy atom. The number of carbonyl (C=O) groups is 1. The maximum atomic E-state index is 12.3. The number of amides is 1. The lowest BCUT2D eigenvalue weighted by Crippen LogP contribution is -3.11. The molecule has 6 heteroatoms. The van der Waals surface area contributed by atoms with Gasteiger partial charge in [-0.15, -0.1) is 0 Å². The topological polar surface area (TPSA) is 38.5 Å². The number of rotatable bonds is 4. The van der Waals surface area contributed by atoms with Crippen molar-refractivity contribution >= 4 is 34.8 Å². The third-order valence-corrected chi connectivity index (χ3v) is 5.15. The van der Waals surface area contributed by atoms with E-state index in [4.69, 9.17) is 23.2 Å². The molecule has 0 bridgehead atoms. The van der Waals surface area contributed by atoms with Crippen molar-refractivity contribution < 1.29 is 9.69 Å². The molecule has 1 fully saturated rings. The number of hydrogen-bond donors (Lipinski definition) is 2. The Hall–Kier alpha value is -1.49. The summed E-state index contributed by atoms with van der Waals surface area (Å²) in [6.45, 7) is 1.47. The fourth-order valence-electron chi connectivity index (χ4n) is 3.30. The zero-order valence-corrected chi connectivity index (χ0v) is 14.5. The second-order valence-electron chi connectivity index (χ2n) is 6.00. The van der Waals surface area contributed by atoms with Crippen LogP contribution in [0.15, 0.2) is 36.5 Å². The minimum Gasteiger partial charge on any atom is -0.350 e. The predicted molar refractivity (Wildman–Crippen MR) is 93.2 cm³/mol. The molecular formula is C17H20Cl2N3O+. The van der Waals surface area contributed by atoms with Gasteiger partial charge in [0.1, 0.15) is 6.04 Å². The molecule has 0 spiro atoms. The zero-order chi connectivity index (χ0) is 16.4. The smallest absolute Gasteiger partial charge is 0.279 e. The van der Waals surface area contributed by atoms with E-state index in [2.05, 4.69) is 35.3 Å². The highest BCUT2D eigenvalue weighted by Crippen LogP contribution is 2.25. The second-order valence-corrected chi connectivity index (χ2v) is 6.82. The normalized spacial score (nSPS) is 20.7. The summed E-state index contributed by atoms with van der Waals surface area (Å²) in [6.07, 6.45) is 4.32. The van der Waals surface area contributed by atoms with Crippen molar-refractivity contribution in [2.24, 2.45) is 7.05 Å². The average Bonchev–Trinajstić information content (AvgIpc) is 3.11. The van der Waals surface area contributed by atoms with Gasteiger partial charge in [-0.25, -0.2) is 0 Å². The highest BCUT2D eigenvalue weighted by molar-refractivity contribution is 6.42. The van der Waals surface area contributed by atoms with Crippen LogP contribution < -0.4 is 10.2 Å². The van der Waals surface area contributed by atoms with Crippen LogP contribution in [0, 0.1) is 0 Å². The lowest BCUT2D eigenvalue weighted by atomic mass is 10.1. The average molecular weight is 353 g/mol. The number of quaternary nitrogens is 1. The molecule has 1 aliphatic heterocycles.